The maximum Gasteiger partial charge on any atom is 0.234 e. The normalized spacial score (nSPS) is 16.1. The molecule has 0 unspecified atom stereocenters. The van der Waals surface area contributed by atoms with Crippen LogP contribution in [0.3, 0.4) is 0 Å². The van der Waals surface area contributed by atoms with E-state index in [1.165, 1.54) is 0 Å². The Hall–Kier alpha value is 3.73. The predicted octanol–water partition coefficient (Wildman–Crippen LogP) is 7.62. The molecule has 14 heteroatoms. The molecule has 1 nitrogen and oxygen atoms in total. The second-order valence-corrected chi connectivity index (χ2v) is 11.4. The molecule has 0 bridgehead atoms. The van der Waals surface area contributed by atoms with E-state index >= 15 is 0 Å². The van der Waals surface area contributed by atoms with Gasteiger partial charge in [-0.25, -0.2) is 0 Å². The summed E-state index contributed by atoms with van der Waals surface area (Å²) in [5.74, 6) is 0. The van der Waals surface area contributed by atoms with E-state index in [2.05, 4.69) is 0 Å². The van der Waals surface area contributed by atoms with Crippen LogP contribution in [0.15, 0.2) is 0 Å². The maximum atomic E-state index is 5.90. The van der Waals surface area contributed by atoms with Crippen molar-refractivity contribution in [3.05, 3.63) is 0 Å². The molecule has 0 aliphatic rings. The first kappa shape index (κ1) is 22.7. The van der Waals surface area contributed by atoms with Crippen molar-refractivity contribution in [1.29, 1.82) is 0 Å². The number of hydrogen-bond donors (Lipinski definition) is 0. The Bertz CT molecular complexity index is 326. The summed E-state index contributed by atoms with van der Waals surface area (Å²) in [5, 5.41) is 0. The summed E-state index contributed by atoms with van der Waals surface area (Å²) >= 11 is 74.2. The molecule has 0 amide bonds. The molecule has 0 heterocycles. The highest BCUT2D eigenvalue weighted by Crippen LogP contribution is 2.67. The first-order valence-electron chi connectivity index (χ1n) is 3.64. The van der Waals surface area contributed by atoms with Crippen LogP contribution in [0.2, 0.25) is 0 Å². The van der Waals surface area contributed by atoms with Gasteiger partial charge in [-0.3, -0.25) is 0 Å². The van der Waals surface area contributed by atoms with Crippen LogP contribution in [-0.2, 0) is 0 Å². The zero-order valence-corrected chi connectivity index (χ0v) is 17.7. The lowest BCUT2D eigenvalue weighted by Crippen LogP contribution is -2.63. The monoisotopic (exact) mass is 529 g/mol. The summed E-state index contributed by atoms with van der Waals surface area (Å²) in [7, 11) is 0. The molecule has 0 fully saturated rings. The highest BCUT2D eigenvalue weighted by atomic mass is 35.6. The lowest BCUT2D eigenvalue weighted by Gasteiger charge is -2.48. The zero-order chi connectivity index (χ0) is 16.1. The fraction of sp³-hybridized carbons (Fsp3) is 1.00. The van der Waals surface area contributed by atoms with Crippen LogP contribution < -0.4 is 0 Å². The van der Waals surface area contributed by atoms with E-state index < -0.39 is 21.2 Å². The minimum absolute atomic E-state index is 0.165. The van der Waals surface area contributed by atoms with Crippen LogP contribution in [0, 0.1) is 0 Å². The van der Waals surface area contributed by atoms with E-state index in [-0.39, 0.29) is 3.94 Å². The highest BCUT2D eigenvalue weighted by molar-refractivity contribution is 6.81. The van der Waals surface area contributed by atoms with Crippen LogP contribution in [-0.4, -0.2) is 25.2 Å². The van der Waals surface area contributed by atoms with Crippen molar-refractivity contribution in [2.75, 3.05) is 0 Å². The summed E-state index contributed by atoms with van der Waals surface area (Å²) in [6.07, 6.45) is 0. The van der Waals surface area contributed by atoms with Gasteiger partial charge in [0, 0.05) is 0 Å². The molecular formula is C5Cl13N. The second kappa shape index (κ2) is 6.92. The van der Waals surface area contributed by atoms with E-state index in [1.807, 2.05) is 0 Å². The van der Waals surface area contributed by atoms with E-state index in [4.69, 9.17) is 151 Å². The third-order valence-corrected chi connectivity index (χ3v) is 9.47. The zero-order valence-electron chi connectivity index (χ0n) is 7.86. The Balaban J connectivity index is 5.92. The lowest BCUT2D eigenvalue weighted by molar-refractivity contribution is 0.446. The molecule has 19 heavy (non-hydrogen) atoms. The molecule has 0 radical (unpaired) electrons. The third kappa shape index (κ3) is 4.04. The van der Waals surface area contributed by atoms with Gasteiger partial charge in [0.05, 0.1) is 0 Å². The van der Waals surface area contributed by atoms with Gasteiger partial charge in [-0.05, 0) is 23.6 Å². The Labute approximate surface area is 174 Å². The van der Waals surface area contributed by atoms with Gasteiger partial charge < -0.3 is 0 Å². The third-order valence-electron chi connectivity index (χ3n) is 1.73. The first-order chi connectivity index (χ1) is 7.94. The number of rotatable bonds is 4. The first-order valence-corrected chi connectivity index (χ1v) is 8.47. The predicted molar refractivity (Wildman–Crippen MR) is 91.6 cm³/mol. The topological polar surface area (TPSA) is 3.24 Å². The molecule has 0 saturated carbocycles. The quantitative estimate of drug-likeness (QED) is 0.204. The van der Waals surface area contributed by atoms with Gasteiger partial charge in [-0.1, -0.05) is 132 Å². The number of alkyl halides is 11. The summed E-state index contributed by atoms with van der Waals surface area (Å²) in [6.45, 7) is 0. The Morgan fingerprint density at radius 1 is 0.474 bits per heavy atom. The Kier molecular flexibility index (Phi) is 8.28. The molecule has 116 valence electrons. The molecular weight excluding hydrogens is 535 g/mol. The van der Waals surface area contributed by atoms with Gasteiger partial charge in [-0.15, -0.1) is 0 Å². The van der Waals surface area contributed by atoms with Gasteiger partial charge >= 0.3 is 0 Å². The summed E-state index contributed by atoms with van der Waals surface area (Å²) < 4.78 is -12.5. The van der Waals surface area contributed by atoms with E-state index in [1.54, 1.807) is 0 Å². The fourth-order valence-electron chi connectivity index (χ4n) is 0.670. The number of hydrogen-bond acceptors (Lipinski definition) is 1. The van der Waals surface area contributed by atoms with Crippen molar-refractivity contribution in [1.82, 2.24) is 3.94 Å². The van der Waals surface area contributed by atoms with E-state index in [9.17, 15) is 0 Å². The second-order valence-electron chi connectivity index (χ2n) is 3.00. The van der Waals surface area contributed by atoms with Crippen LogP contribution >= 0.6 is 151 Å². The van der Waals surface area contributed by atoms with Crippen molar-refractivity contribution in [2.24, 2.45) is 0 Å². The van der Waals surface area contributed by atoms with E-state index in [0.29, 0.717) is 0 Å². The molecule has 0 aromatic heterocycles. The lowest BCUT2D eigenvalue weighted by atomic mass is 10.2. The molecule has 0 aromatic rings. The van der Waals surface area contributed by atoms with Crippen molar-refractivity contribution in [2.45, 2.75) is 21.2 Å². The van der Waals surface area contributed by atoms with Crippen molar-refractivity contribution < 1.29 is 0 Å². The summed E-state index contributed by atoms with van der Waals surface area (Å²) in [4.78, 5) is 0. The van der Waals surface area contributed by atoms with Crippen LogP contribution in [0.4, 0.5) is 0 Å². The molecule has 0 saturated heterocycles. The fourth-order valence-corrected chi connectivity index (χ4v) is 3.78. The summed E-state index contributed by atoms with van der Waals surface area (Å²) in [6, 6.07) is 0. The van der Waals surface area contributed by atoms with Gasteiger partial charge in [0.15, 0.2) is 4.33 Å². The summed E-state index contributed by atoms with van der Waals surface area (Å²) in [5.41, 5.74) is 0. The van der Waals surface area contributed by atoms with Gasteiger partial charge in [0.1, 0.15) is 0 Å². The average molecular weight is 535 g/mol. The standard InChI is InChI=1S/C5Cl13N/c6-1(7,2(8,9)4(12,13)14)3(10,11)5(15,16)19(17)18. The van der Waals surface area contributed by atoms with Crippen molar-refractivity contribution in [3.63, 3.8) is 0 Å². The van der Waals surface area contributed by atoms with Gasteiger partial charge in [0.2, 0.25) is 16.9 Å². The Morgan fingerprint density at radius 3 is 1.00 bits per heavy atom. The van der Waals surface area contributed by atoms with Gasteiger partial charge in [0.25, 0.3) is 0 Å². The molecule has 0 N–H and O–H groups in total. The molecule has 0 aromatic carbocycles. The highest BCUT2D eigenvalue weighted by Gasteiger charge is 2.74. The van der Waals surface area contributed by atoms with E-state index in [0.717, 1.165) is 0 Å². The Morgan fingerprint density at radius 2 is 0.789 bits per heavy atom. The number of nitrogens with zero attached hydrogens (tertiary/aromatic N) is 1. The SMILES string of the molecule is ClN(Cl)C(Cl)(Cl)C(Cl)(Cl)C(Cl)(Cl)C(Cl)(Cl)C(Cl)(Cl)Cl. The van der Waals surface area contributed by atoms with Crippen molar-refractivity contribution >= 4 is 151 Å². The smallest absolute Gasteiger partial charge is 0.0945 e. The average Bonchev–Trinajstić information content (AvgIpc) is 2.14. The van der Waals surface area contributed by atoms with Crippen LogP contribution in [0.25, 0.3) is 0 Å². The minimum atomic E-state index is -2.62. The number of halogens is 13. The van der Waals surface area contributed by atoms with Crippen LogP contribution in [0.1, 0.15) is 0 Å². The van der Waals surface area contributed by atoms with Crippen LogP contribution in [0.5, 0.6) is 0 Å². The molecule has 0 rings (SSSR count). The minimum Gasteiger partial charge on any atom is -0.0945 e. The molecule has 0 atom stereocenters. The molecule has 0 spiro atoms. The largest absolute Gasteiger partial charge is 0.234 e. The molecule has 0 aliphatic carbocycles. The van der Waals surface area contributed by atoms with Gasteiger partial charge in [-0.2, -0.15) is 0 Å². The maximum absolute atomic E-state index is 5.90. The van der Waals surface area contributed by atoms with Crippen molar-refractivity contribution in [3.8, 4) is 0 Å². The molecule has 0 aliphatic heterocycles.